The van der Waals surface area contributed by atoms with Crippen LogP contribution in [-0.2, 0) is 6.42 Å². The summed E-state index contributed by atoms with van der Waals surface area (Å²) in [5.74, 6) is 1.28. The second-order valence-corrected chi connectivity index (χ2v) is 6.37. The van der Waals surface area contributed by atoms with Crippen molar-refractivity contribution in [3.05, 3.63) is 34.1 Å². The van der Waals surface area contributed by atoms with Crippen LogP contribution in [0.15, 0.2) is 22.7 Å². The molecule has 1 aromatic rings. The average Bonchev–Trinajstić information content (AvgIpc) is 2.33. The summed E-state index contributed by atoms with van der Waals surface area (Å²) in [6.07, 6.45) is 4.85. The van der Waals surface area contributed by atoms with Crippen LogP contribution in [0, 0.1) is 17.7 Å². The fourth-order valence-corrected chi connectivity index (χ4v) is 3.59. The SMILES string of the molecule is CNC1CCC(C)CC1Cc1ccc(F)cc1Br. The zero-order chi connectivity index (χ0) is 13.1. The summed E-state index contributed by atoms with van der Waals surface area (Å²) in [5.41, 5.74) is 1.22. The van der Waals surface area contributed by atoms with Crippen LogP contribution in [-0.4, -0.2) is 13.1 Å². The van der Waals surface area contributed by atoms with Crippen LogP contribution in [0.5, 0.6) is 0 Å². The molecule has 0 saturated heterocycles. The highest BCUT2D eigenvalue weighted by molar-refractivity contribution is 9.10. The van der Waals surface area contributed by atoms with E-state index in [0.717, 1.165) is 16.8 Å². The van der Waals surface area contributed by atoms with Crippen LogP contribution in [0.4, 0.5) is 4.39 Å². The van der Waals surface area contributed by atoms with Crippen molar-refractivity contribution < 1.29 is 4.39 Å². The second-order valence-electron chi connectivity index (χ2n) is 5.51. The highest BCUT2D eigenvalue weighted by atomic mass is 79.9. The lowest BCUT2D eigenvalue weighted by molar-refractivity contribution is 0.220. The largest absolute Gasteiger partial charge is 0.317 e. The van der Waals surface area contributed by atoms with E-state index < -0.39 is 0 Å². The monoisotopic (exact) mass is 313 g/mol. The van der Waals surface area contributed by atoms with Gasteiger partial charge in [-0.1, -0.05) is 28.9 Å². The molecular formula is C15H21BrFN. The van der Waals surface area contributed by atoms with Crippen molar-refractivity contribution in [3.63, 3.8) is 0 Å². The van der Waals surface area contributed by atoms with Crippen molar-refractivity contribution in [2.24, 2.45) is 11.8 Å². The third-order valence-corrected chi connectivity index (χ3v) is 4.85. The zero-order valence-corrected chi connectivity index (χ0v) is 12.6. The van der Waals surface area contributed by atoms with E-state index in [4.69, 9.17) is 0 Å². The normalized spacial score (nSPS) is 28.3. The Bertz CT molecular complexity index is 407. The molecule has 100 valence electrons. The maximum atomic E-state index is 13.1. The molecule has 2 rings (SSSR count). The van der Waals surface area contributed by atoms with E-state index in [0.29, 0.717) is 12.0 Å². The molecular weight excluding hydrogens is 293 g/mol. The minimum atomic E-state index is -0.173. The van der Waals surface area contributed by atoms with Gasteiger partial charge in [-0.15, -0.1) is 0 Å². The van der Waals surface area contributed by atoms with Gasteiger partial charge in [0.15, 0.2) is 0 Å². The lowest BCUT2D eigenvalue weighted by atomic mass is 9.76. The Hall–Kier alpha value is -0.410. The molecule has 1 aliphatic carbocycles. The summed E-state index contributed by atoms with van der Waals surface area (Å²) in [6, 6.07) is 5.63. The quantitative estimate of drug-likeness (QED) is 0.883. The smallest absolute Gasteiger partial charge is 0.124 e. The Labute approximate surface area is 117 Å². The van der Waals surface area contributed by atoms with E-state index in [1.54, 1.807) is 12.1 Å². The third-order valence-electron chi connectivity index (χ3n) is 4.11. The Kier molecular flexibility index (Phi) is 4.79. The van der Waals surface area contributed by atoms with Gasteiger partial charge in [0.2, 0.25) is 0 Å². The summed E-state index contributed by atoms with van der Waals surface area (Å²) in [6.45, 7) is 2.33. The molecule has 0 radical (unpaired) electrons. The molecule has 1 aromatic carbocycles. The minimum absolute atomic E-state index is 0.173. The van der Waals surface area contributed by atoms with Gasteiger partial charge in [0.25, 0.3) is 0 Å². The first-order chi connectivity index (χ1) is 8.60. The van der Waals surface area contributed by atoms with Gasteiger partial charge in [-0.3, -0.25) is 0 Å². The highest BCUT2D eigenvalue weighted by Crippen LogP contribution is 2.33. The van der Waals surface area contributed by atoms with Crippen molar-refractivity contribution in [3.8, 4) is 0 Å². The van der Waals surface area contributed by atoms with Gasteiger partial charge < -0.3 is 5.32 Å². The first kappa shape index (κ1) is 14.0. The lowest BCUT2D eigenvalue weighted by Gasteiger charge is -2.35. The minimum Gasteiger partial charge on any atom is -0.317 e. The first-order valence-corrected chi connectivity index (χ1v) is 7.50. The molecule has 1 nitrogen and oxygen atoms in total. The molecule has 0 aromatic heterocycles. The molecule has 0 aliphatic heterocycles. The number of hydrogen-bond acceptors (Lipinski definition) is 1. The molecule has 1 fully saturated rings. The molecule has 3 heteroatoms. The molecule has 1 N–H and O–H groups in total. The van der Waals surface area contributed by atoms with Gasteiger partial charge in [0.1, 0.15) is 5.82 Å². The molecule has 1 saturated carbocycles. The van der Waals surface area contributed by atoms with Crippen LogP contribution in [0.3, 0.4) is 0 Å². The van der Waals surface area contributed by atoms with Gasteiger partial charge in [-0.05, 0) is 62.3 Å². The predicted molar refractivity (Wildman–Crippen MR) is 77.2 cm³/mol. The van der Waals surface area contributed by atoms with Crippen molar-refractivity contribution in [1.29, 1.82) is 0 Å². The van der Waals surface area contributed by atoms with Gasteiger partial charge in [0, 0.05) is 10.5 Å². The second kappa shape index (κ2) is 6.16. The molecule has 0 spiro atoms. The Morgan fingerprint density at radius 2 is 2.17 bits per heavy atom. The molecule has 3 atom stereocenters. The first-order valence-electron chi connectivity index (χ1n) is 6.71. The van der Waals surface area contributed by atoms with E-state index in [-0.39, 0.29) is 5.82 Å². The van der Waals surface area contributed by atoms with Gasteiger partial charge in [-0.2, -0.15) is 0 Å². The van der Waals surface area contributed by atoms with Crippen molar-refractivity contribution in [1.82, 2.24) is 5.32 Å². The van der Waals surface area contributed by atoms with Crippen molar-refractivity contribution in [2.75, 3.05) is 7.05 Å². The van der Waals surface area contributed by atoms with Crippen LogP contribution in [0.2, 0.25) is 0 Å². The maximum absolute atomic E-state index is 13.1. The van der Waals surface area contributed by atoms with Crippen LogP contribution >= 0.6 is 15.9 Å². The number of halogens is 2. The third kappa shape index (κ3) is 3.33. The maximum Gasteiger partial charge on any atom is 0.124 e. The molecule has 3 unspecified atom stereocenters. The van der Waals surface area contributed by atoms with E-state index >= 15 is 0 Å². The van der Waals surface area contributed by atoms with E-state index in [2.05, 4.69) is 28.2 Å². The Morgan fingerprint density at radius 3 is 2.83 bits per heavy atom. The number of benzene rings is 1. The highest BCUT2D eigenvalue weighted by Gasteiger charge is 2.27. The topological polar surface area (TPSA) is 12.0 Å². The predicted octanol–water partition coefficient (Wildman–Crippen LogP) is 4.15. The van der Waals surface area contributed by atoms with Crippen LogP contribution < -0.4 is 5.32 Å². The summed E-state index contributed by atoms with van der Waals surface area (Å²) < 4.78 is 14.0. The van der Waals surface area contributed by atoms with E-state index in [9.17, 15) is 4.39 Å². The number of nitrogens with one attached hydrogen (secondary N) is 1. The summed E-state index contributed by atoms with van der Waals surface area (Å²) in [4.78, 5) is 0. The average molecular weight is 314 g/mol. The van der Waals surface area contributed by atoms with Crippen molar-refractivity contribution >= 4 is 15.9 Å². The fourth-order valence-electron chi connectivity index (χ4n) is 3.07. The lowest BCUT2D eigenvalue weighted by Crippen LogP contribution is -2.39. The summed E-state index contributed by atoms with van der Waals surface area (Å²) in [5, 5.41) is 3.44. The summed E-state index contributed by atoms with van der Waals surface area (Å²) >= 11 is 3.47. The van der Waals surface area contributed by atoms with Gasteiger partial charge in [-0.25, -0.2) is 4.39 Å². The zero-order valence-electron chi connectivity index (χ0n) is 11.0. The van der Waals surface area contributed by atoms with E-state index in [1.165, 1.54) is 24.8 Å². The molecule has 18 heavy (non-hydrogen) atoms. The van der Waals surface area contributed by atoms with Crippen LogP contribution in [0.25, 0.3) is 0 Å². The molecule has 0 bridgehead atoms. The fraction of sp³-hybridized carbons (Fsp3) is 0.600. The Balaban J connectivity index is 2.10. The number of rotatable bonds is 3. The summed E-state index contributed by atoms with van der Waals surface area (Å²) in [7, 11) is 2.05. The molecule has 0 amide bonds. The molecule has 0 heterocycles. The van der Waals surface area contributed by atoms with Gasteiger partial charge >= 0.3 is 0 Å². The van der Waals surface area contributed by atoms with E-state index in [1.807, 2.05) is 13.1 Å². The standard InChI is InChI=1S/C15H21BrFN/c1-10-3-6-15(18-2)12(7-10)8-11-4-5-13(17)9-14(11)16/h4-5,9-10,12,15,18H,3,6-8H2,1-2H3. The number of hydrogen-bond donors (Lipinski definition) is 1. The van der Waals surface area contributed by atoms with Gasteiger partial charge in [0.05, 0.1) is 0 Å². The van der Waals surface area contributed by atoms with Crippen LogP contribution in [0.1, 0.15) is 31.7 Å². The Morgan fingerprint density at radius 1 is 1.39 bits per heavy atom. The molecule has 1 aliphatic rings. The van der Waals surface area contributed by atoms with Crippen molar-refractivity contribution in [2.45, 2.75) is 38.6 Å².